The van der Waals surface area contributed by atoms with Crippen LogP contribution in [0.15, 0.2) is 18.2 Å². The molecule has 0 saturated carbocycles. The van der Waals surface area contributed by atoms with Crippen LogP contribution in [-0.2, 0) is 4.74 Å². The molecule has 1 aromatic carbocycles. The Kier molecular flexibility index (Phi) is 6.68. The summed E-state index contributed by atoms with van der Waals surface area (Å²) in [6.45, 7) is 6.63. The molecule has 0 unspecified atom stereocenters. The van der Waals surface area contributed by atoms with Crippen LogP contribution in [0.2, 0.25) is 0 Å². The zero-order chi connectivity index (χ0) is 13.4. The van der Waals surface area contributed by atoms with E-state index >= 15 is 0 Å². The lowest BCUT2D eigenvalue weighted by Crippen LogP contribution is -2.14. The second-order valence-corrected chi connectivity index (χ2v) is 4.75. The average Bonchev–Trinajstić information content (AvgIpc) is 2.35. The average molecular weight is 266 g/mol. The number of nitrogens with one attached hydrogen (secondary N) is 1. The fourth-order valence-electron chi connectivity index (χ4n) is 1.66. The number of thiocarbonyl (C=S) groups is 1. The first kappa shape index (κ1) is 14.9. The van der Waals surface area contributed by atoms with Crippen LogP contribution in [0.4, 0.5) is 5.69 Å². The molecule has 0 saturated heterocycles. The van der Waals surface area contributed by atoms with Gasteiger partial charge in [-0.15, -0.1) is 0 Å². The van der Waals surface area contributed by atoms with Crippen LogP contribution in [0.1, 0.15) is 30.9 Å². The minimum atomic E-state index is 0.434. The second-order valence-electron chi connectivity index (χ2n) is 4.31. The van der Waals surface area contributed by atoms with Gasteiger partial charge in [-0.05, 0) is 31.9 Å². The van der Waals surface area contributed by atoms with Crippen molar-refractivity contribution in [1.82, 2.24) is 0 Å². The minimum Gasteiger partial charge on any atom is -0.389 e. The number of nitrogens with two attached hydrogens (primary N) is 1. The van der Waals surface area contributed by atoms with Crippen LogP contribution in [0.3, 0.4) is 0 Å². The number of aryl methyl sites for hydroxylation is 1. The zero-order valence-corrected chi connectivity index (χ0v) is 12.0. The third-order valence-corrected chi connectivity index (χ3v) is 2.79. The molecule has 18 heavy (non-hydrogen) atoms. The highest BCUT2D eigenvalue weighted by atomic mass is 32.1. The Hall–Kier alpha value is -1.13. The third-order valence-electron chi connectivity index (χ3n) is 2.57. The highest BCUT2D eigenvalue weighted by Crippen LogP contribution is 2.17. The predicted molar refractivity (Wildman–Crippen MR) is 81.3 cm³/mol. The molecule has 3 N–H and O–H groups in total. The lowest BCUT2D eigenvalue weighted by Gasteiger charge is -2.12. The topological polar surface area (TPSA) is 47.3 Å². The van der Waals surface area contributed by atoms with E-state index in [-0.39, 0.29) is 0 Å². The first-order valence-corrected chi connectivity index (χ1v) is 6.78. The lowest BCUT2D eigenvalue weighted by atomic mass is 10.1. The van der Waals surface area contributed by atoms with Crippen LogP contribution >= 0.6 is 12.2 Å². The van der Waals surface area contributed by atoms with Gasteiger partial charge in [0.2, 0.25) is 0 Å². The summed E-state index contributed by atoms with van der Waals surface area (Å²) in [5, 5.41) is 3.35. The minimum absolute atomic E-state index is 0.434. The Labute approximate surface area is 115 Å². The van der Waals surface area contributed by atoms with E-state index in [4.69, 9.17) is 22.7 Å². The maximum absolute atomic E-state index is 5.72. The quantitative estimate of drug-likeness (QED) is 0.561. The van der Waals surface area contributed by atoms with Crippen LogP contribution in [0.5, 0.6) is 0 Å². The fourth-order valence-corrected chi connectivity index (χ4v) is 1.83. The predicted octanol–water partition coefficient (Wildman–Crippen LogP) is 2.86. The molecular formula is C14H22N2OS. The summed E-state index contributed by atoms with van der Waals surface area (Å²) in [5.74, 6) is 0. The van der Waals surface area contributed by atoms with Crippen molar-refractivity contribution in [2.24, 2.45) is 5.73 Å². The standard InChI is InChI=1S/C14H22N2OS/c1-3-8-17-9-4-7-16-13-6-5-11(2)10-12(13)14(15)18/h5-6,10,16H,3-4,7-9H2,1-2H3,(H2,15,18). The van der Waals surface area contributed by atoms with Gasteiger partial charge in [0.1, 0.15) is 4.99 Å². The van der Waals surface area contributed by atoms with Gasteiger partial charge in [0.05, 0.1) is 0 Å². The van der Waals surface area contributed by atoms with Crippen LogP contribution in [0.25, 0.3) is 0 Å². The van der Waals surface area contributed by atoms with Crippen molar-refractivity contribution in [3.8, 4) is 0 Å². The van der Waals surface area contributed by atoms with E-state index in [9.17, 15) is 0 Å². The largest absolute Gasteiger partial charge is 0.389 e. The van der Waals surface area contributed by atoms with E-state index in [0.29, 0.717) is 4.99 Å². The maximum atomic E-state index is 5.72. The summed E-state index contributed by atoms with van der Waals surface area (Å²) in [7, 11) is 0. The summed E-state index contributed by atoms with van der Waals surface area (Å²) in [5.41, 5.74) is 8.80. The molecule has 0 fully saturated rings. The van der Waals surface area contributed by atoms with Gasteiger partial charge >= 0.3 is 0 Å². The van der Waals surface area contributed by atoms with Gasteiger partial charge in [0.15, 0.2) is 0 Å². The van der Waals surface area contributed by atoms with E-state index < -0.39 is 0 Å². The number of ether oxygens (including phenoxy) is 1. The number of anilines is 1. The molecule has 1 aromatic rings. The first-order chi connectivity index (χ1) is 8.65. The molecule has 0 radical (unpaired) electrons. The van der Waals surface area contributed by atoms with E-state index in [0.717, 1.165) is 49.4 Å². The summed E-state index contributed by atoms with van der Waals surface area (Å²) < 4.78 is 5.43. The molecule has 0 amide bonds. The molecule has 0 aromatic heterocycles. The molecule has 100 valence electrons. The molecule has 3 nitrogen and oxygen atoms in total. The molecule has 4 heteroatoms. The molecule has 0 heterocycles. The number of rotatable bonds is 8. The van der Waals surface area contributed by atoms with E-state index in [1.165, 1.54) is 0 Å². The summed E-state index contributed by atoms with van der Waals surface area (Å²) in [6.07, 6.45) is 2.04. The maximum Gasteiger partial charge on any atom is 0.106 e. The van der Waals surface area contributed by atoms with Crippen molar-refractivity contribution in [1.29, 1.82) is 0 Å². The van der Waals surface area contributed by atoms with Gasteiger partial charge in [-0.1, -0.05) is 30.8 Å². The van der Waals surface area contributed by atoms with Gasteiger partial charge in [-0.25, -0.2) is 0 Å². The van der Waals surface area contributed by atoms with Crippen molar-refractivity contribution >= 4 is 22.9 Å². The molecule has 0 atom stereocenters. The highest BCUT2D eigenvalue weighted by molar-refractivity contribution is 7.80. The summed E-state index contributed by atoms with van der Waals surface area (Å²) in [4.78, 5) is 0.434. The fraction of sp³-hybridized carbons (Fsp3) is 0.500. The van der Waals surface area contributed by atoms with Crippen molar-refractivity contribution in [2.45, 2.75) is 26.7 Å². The first-order valence-electron chi connectivity index (χ1n) is 6.37. The Bertz CT molecular complexity index is 393. The number of hydrogen-bond acceptors (Lipinski definition) is 3. The van der Waals surface area contributed by atoms with E-state index in [2.05, 4.69) is 18.3 Å². The lowest BCUT2D eigenvalue weighted by molar-refractivity contribution is 0.134. The van der Waals surface area contributed by atoms with Gasteiger partial charge in [0.25, 0.3) is 0 Å². The van der Waals surface area contributed by atoms with Gasteiger partial charge in [-0.2, -0.15) is 0 Å². The van der Waals surface area contributed by atoms with Gasteiger partial charge < -0.3 is 15.8 Å². The highest BCUT2D eigenvalue weighted by Gasteiger charge is 2.04. The number of benzene rings is 1. The van der Waals surface area contributed by atoms with Crippen molar-refractivity contribution in [2.75, 3.05) is 25.1 Å². The molecule has 0 bridgehead atoms. The Balaban J connectivity index is 2.44. The smallest absolute Gasteiger partial charge is 0.106 e. The molecule has 0 spiro atoms. The van der Waals surface area contributed by atoms with E-state index in [1.807, 2.05) is 19.1 Å². The zero-order valence-electron chi connectivity index (χ0n) is 11.2. The van der Waals surface area contributed by atoms with Crippen molar-refractivity contribution in [3.05, 3.63) is 29.3 Å². The van der Waals surface area contributed by atoms with Crippen molar-refractivity contribution in [3.63, 3.8) is 0 Å². The van der Waals surface area contributed by atoms with Crippen LogP contribution < -0.4 is 11.1 Å². The molecular weight excluding hydrogens is 244 g/mol. The summed E-state index contributed by atoms with van der Waals surface area (Å²) in [6, 6.07) is 6.09. The molecule has 1 rings (SSSR count). The van der Waals surface area contributed by atoms with Crippen LogP contribution in [0, 0.1) is 6.92 Å². The van der Waals surface area contributed by atoms with Crippen LogP contribution in [-0.4, -0.2) is 24.7 Å². The summed E-state index contributed by atoms with van der Waals surface area (Å²) >= 11 is 5.06. The number of hydrogen-bond donors (Lipinski definition) is 2. The van der Waals surface area contributed by atoms with Crippen molar-refractivity contribution < 1.29 is 4.74 Å². The van der Waals surface area contributed by atoms with Gasteiger partial charge in [0, 0.05) is 31.0 Å². The molecule has 0 aliphatic rings. The van der Waals surface area contributed by atoms with Gasteiger partial charge in [-0.3, -0.25) is 0 Å². The normalized spacial score (nSPS) is 10.3. The second kappa shape index (κ2) is 8.06. The molecule has 0 aliphatic heterocycles. The molecule has 0 aliphatic carbocycles. The SMILES string of the molecule is CCCOCCCNc1ccc(C)cc1C(N)=S. The Morgan fingerprint density at radius 3 is 2.83 bits per heavy atom. The Morgan fingerprint density at radius 2 is 2.17 bits per heavy atom. The van der Waals surface area contributed by atoms with E-state index in [1.54, 1.807) is 0 Å². The Morgan fingerprint density at radius 1 is 1.39 bits per heavy atom. The third kappa shape index (κ3) is 5.02. The monoisotopic (exact) mass is 266 g/mol.